The Kier molecular flexibility index (Phi) is 6.49. The van der Waals surface area contributed by atoms with Gasteiger partial charge in [0.05, 0.1) is 12.3 Å². The Balaban J connectivity index is 1.14. The molecule has 2 aromatic rings. The summed E-state index contributed by atoms with van der Waals surface area (Å²) >= 11 is 6.09. The zero-order chi connectivity index (χ0) is 26.6. The maximum absolute atomic E-state index is 13.7. The number of carbonyl (C=O) groups excluding carboxylic acids is 2. The van der Waals surface area contributed by atoms with Crippen molar-refractivity contribution in [1.82, 2.24) is 10.0 Å². The van der Waals surface area contributed by atoms with Gasteiger partial charge in [0.15, 0.2) is 18.5 Å². The summed E-state index contributed by atoms with van der Waals surface area (Å²) in [4.78, 5) is 25.6. The minimum Gasteiger partial charge on any atom is -0.484 e. The molecule has 37 heavy (non-hydrogen) atoms. The van der Waals surface area contributed by atoms with Gasteiger partial charge in [-0.15, -0.1) is 0 Å². The minimum atomic E-state index is -3.52. The van der Waals surface area contributed by atoms with E-state index in [-0.39, 0.29) is 41.4 Å². The highest BCUT2D eigenvalue weighted by Gasteiger charge is 2.68. The maximum atomic E-state index is 13.7. The lowest BCUT2D eigenvalue weighted by Gasteiger charge is -2.70. The van der Waals surface area contributed by atoms with E-state index in [0.29, 0.717) is 47.6 Å². The summed E-state index contributed by atoms with van der Waals surface area (Å²) in [5.74, 6) is -0.0501. The van der Waals surface area contributed by atoms with E-state index in [9.17, 15) is 22.4 Å². The number of Topliss-reactive ketones (excluding diaryl/α,β-unsaturated/α-hetero) is 1. The Morgan fingerprint density at radius 1 is 1.19 bits per heavy atom. The number of carbonyl (C=O) groups is 2. The molecule has 3 fully saturated rings. The van der Waals surface area contributed by atoms with E-state index in [4.69, 9.17) is 21.1 Å². The number of ether oxygens (including phenoxy) is 2. The van der Waals surface area contributed by atoms with Crippen LogP contribution in [0.15, 0.2) is 36.4 Å². The van der Waals surface area contributed by atoms with Crippen molar-refractivity contribution in [3.8, 4) is 11.5 Å². The van der Waals surface area contributed by atoms with Crippen LogP contribution < -0.4 is 19.5 Å². The Bertz CT molecular complexity index is 1360. The fraction of sp³-hybridized carbons (Fsp3) is 0.462. The summed E-state index contributed by atoms with van der Waals surface area (Å²) in [6.07, 6.45) is 2.80. The van der Waals surface area contributed by atoms with Crippen molar-refractivity contribution in [2.75, 3.05) is 12.9 Å². The second-order valence-corrected chi connectivity index (χ2v) is 12.9. The quantitative estimate of drug-likeness (QED) is 0.493. The van der Waals surface area contributed by atoms with Gasteiger partial charge < -0.3 is 14.8 Å². The molecule has 2 aromatic carbocycles. The smallest absolute Gasteiger partial charge is 0.258 e. The molecule has 0 unspecified atom stereocenters. The van der Waals surface area contributed by atoms with Crippen molar-refractivity contribution >= 4 is 33.3 Å². The number of hydrogen-bond donors (Lipinski definition) is 2. The van der Waals surface area contributed by atoms with Crippen LogP contribution in [0.1, 0.15) is 49.3 Å². The summed E-state index contributed by atoms with van der Waals surface area (Å²) in [5.41, 5.74) is 0.579. The molecule has 4 aliphatic rings. The maximum Gasteiger partial charge on any atom is 0.258 e. The van der Waals surface area contributed by atoms with E-state index in [1.165, 1.54) is 6.07 Å². The summed E-state index contributed by atoms with van der Waals surface area (Å²) in [6.45, 7) is 1.43. The third kappa shape index (κ3) is 5.46. The monoisotopic (exact) mass is 550 g/mol. The lowest BCUT2D eigenvalue weighted by atomic mass is 9.38. The van der Waals surface area contributed by atoms with E-state index < -0.39 is 28.0 Å². The van der Waals surface area contributed by atoms with Crippen LogP contribution in [-0.2, 0) is 19.6 Å². The molecule has 0 radical (unpaired) electrons. The molecule has 11 heteroatoms. The van der Waals surface area contributed by atoms with E-state index in [1.54, 1.807) is 37.3 Å². The predicted octanol–water partition coefficient (Wildman–Crippen LogP) is 3.61. The van der Waals surface area contributed by atoms with Gasteiger partial charge >= 0.3 is 0 Å². The van der Waals surface area contributed by atoms with Crippen LogP contribution in [0.2, 0.25) is 5.02 Å². The molecular weight excluding hydrogens is 523 g/mol. The number of benzene rings is 2. The van der Waals surface area contributed by atoms with Gasteiger partial charge in [-0.05, 0) is 61.4 Å². The van der Waals surface area contributed by atoms with E-state index in [0.717, 1.165) is 6.26 Å². The van der Waals surface area contributed by atoms with E-state index >= 15 is 0 Å². The lowest BCUT2D eigenvalue weighted by molar-refractivity contribution is -0.175. The Morgan fingerprint density at radius 3 is 2.59 bits per heavy atom. The number of hydrogen-bond acceptors (Lipinski definition) is 6. The molecule has 6 rings (SSSR count). The molecule has 0 saturated heterocycles. The third-order valence-corrected chi connectivity index (χ3v) is 8.34. The van der Waals surface area contributed by atoms with Crippen LogP contribution in [0.3, 0.4) is 0 Å². The van der Waals surface area contributed by atoms with Crippen molar-refractivity contribution in [3.63, 3.8) is 0 Å². The fourth-order valence-electron chi connectivity index (χ4n) is 5.95. The molecule has 2 N–H and O–H groups in total. The van der Waals surface area contributed by atoms with Crippen LogP contribution in [0, 0.1) is 18.2 Å². The van der Waals surface area contributed by atoms with Crippen molar-refractivity contribution in [1.29, 1.82) is 0 Å². The van der Waals surface area contributed by atoms with Gasteiger partial charge in [0.25, 0.3) is 5.91 Å². The van der Waals surface area contributed by atoms with Gasteiger partial charge in [-0.3, -0.25) is 9.59 Å². The first kappa shape index (κ1) is 25.9. The second kappa shape index (κ2) is 9.25. The van der Waals surface area contributed by atoms with E-state index in [1.807, 2.05) is 0 Å². The molecule has 198 valence electrons. The summed E-state index contributed by atoms with van der Waals surface area (Å²) < 4.78 is 51.4. The molecule has 2 bridgehead atoms. The number of nitrogens with one attached hydrogen (secondary N) is 2. The first-order valence-corrected chi connectivity index (χ1v) is 14.3. The molecule has 8 nitrogen and oxygen atoms in total. The van der Waals surface area contributed by atoms with Crippen molar-refractivity contribution < 1.29 is 31.9 Å². The second-order valence-electron chi connectivity index (χ2n) is 10.7. The fourth-order valence-corrected chi connectivity index (χ4v) is 6.87. The zero-order valence-corrected chi connectivity index (χ0v) is 22.0. The van der Waals surface area contributed by atoms with Crippen molar-refractivity contribution in [2.24, 2.45) is 5.41 Å². The summed E-state index contributed by atoms with van der Waals surface area (Å²) in [5, 5.41) is 3.44. The van der Waals surface area contributed by atoms with Gasteiger partial charge in [0.1, 0.15) is 17.3 Å². The number of halogens is 2. The van der Waals surface area contributed by atoms with Gasteiger partial charge in [0, 0.05) is 35.0 Å². The highest BCUT2D eigenvalue weighted by atomic mass is 35.5. The SMILES string of the molecule is Cc1ccc(OCC(=O)NC23CC(CC(=O)[C@H]4C[C@H](NS(C)(=O)=O)c5cc(Cl)ccc5O4)(C2)C3)cc1F. The van der Waals surface area contributed by atoms with Crippen molar-refractivity contribution in [3.05, 3.63) is 58.4 Å². The normalized spacial score (nSPS) is 27.7. The summed E-state index contributed by atoms with van der Waals surface area (Å²) in [6, 6.07) is 8.77. The van der Waals surface area contributed by atoms with Gasteiger partial charge in [0.2, 0.25) is 10.0 Å². The molecule has 1 amide bonds. The van der Waals surface area contributed by atoms with Gasteiger partial charge in [-0.2, -0.15) is 0 Å². The average molecular weight is 551 g/mol. The number of fused-ring (bicyclic) bond motifs is 1. The summed E-state index contributed by atoms with van der Waals surface area (Å²) in [7, 11) is -3.52. The molecule has 0 spiro atoms. The van der Waals surface area contributed by atoms with Crippen molar-refractivity contribution in [2.45, 2.75) is 56.7 Å². The third-order valence-electron chi connectivity index (χ3n) is 7.39. The Hall–Kier alpha value is -2.69. The number of ketones is 1. The van der Waals surface area contributed by atoms with E-state index in [2.05, 4.69) is 10.0 Å². The predicted molar refractivity (Wildman–Crippen MR) is 135 cm³/mol. The van der Waals surface area contributed by atoms with Crippen LogP contribution in [0.25, 0.3) is 0 Å². The number of aryl methyl sites for hydroxylation is 1. The molecular formula is C26H28ClFN2O6S. The first-order valence-electron chi connectivity index (χ1n) is 12.0. The molecule has 2 atom stereocenters. The number of amides is 1. The standard InChI is InChI=1S/C26H28ClFN2O6S/c1-15-3-5-17(8-19(15)28)35-11-24(32)29-26-12-25(13-26,14-26)10-21(31)23-9-20(30-37(2,33)34)18-7-16(27)4-6-22(18)36-23/h3-8,20,23,30H,9-14H2,1-2H3,(H,29,32)/t20-,23+,25?,26?/m0/s1. The number of sulfonamides is 1. The first-order chi connectivity index (χ1) is 17.3. The molecule has 3 saturated carbocycles. The number of rotatable bonds is 9. The largest absolute Gasteiger partial charge is 0.484 e. The Morgan fingerprint density at radius 2 is 1.92 bits per heavy atom. The van der Waals surface area contributed by atoms with Crippen LogP contribution in [-0.4, -0.2) is 44.6 Å². The molecule has 0 aromatic heterocycles. The van der Waals surface area contributed by atoms with Gasteiger partial charge in [-0.1, -0.05) is 17.7 Å². The van der Waals surface area contributed by atoms with Crippen LogP contribution in [0.5, 0.6) is 11.5 Å². The molecule has 3 aliphatic carbocycles. The highest BCUT2D eigenvalue weighted by molar-refractivity contribution is 7.88. The zero-order valence-electron chi connectivity index (χ0n) is 20.5. The lowest BCUT2D eigenvalue weighted by Crippen LogP contribution is -2.75. The average Bonchev–Trinajstić information content (AvgIpc) is 2.76. The highest BCUT2D eigenvalue weighted by Crippen LogP contribution is 2.69. The Labute approximate surface area is 219 Å². The topological polar surface area (TPSA) is 111 Å². The van der Waals surface area contributed by atoms with Crippen LogP contribution >= 0.6 is 11.6 Å². The minimum absolute atomic E-state index is 0.0924. The molecule has 1 heterocycles. The van der Waals surface area contributed by atoms with Crippen LogP contribution in [0.4, 0.5) is 4.39 Å². The molecule has 1 aliphatic heterocycles. The van der Waals surface area contributed by atoms with Gasteiger partial charge in [-0.25, -0.2) is 17.5 Å².